The van der Waals surface area contributed by atoms with Crippen molar-refractivity contribution in [2.24, 2.45) is 0 Å². The lowest BCUT2D eigenvalue weighted by molar-refractivity contribution is -0.383. The summed E-state index contributed by atoms with van der Waals surface area (Å²) in [6.45, 7) is 1.95. The number of aryl methyl sites for hydroxylation is 1. The lowest BCUT2D eigenvalue weighted by Crippen LogP contribution is -2.27. The summed E-state index contributed by atoms with van der Waals surface area (Å²) in [5, 5.41) is 14.9. The highest BCUT2D eigenvalue weighted by Crippen LogP contribution is 2.39. The second-order valence-electron chi connectivity index (χ2n) is 6.55. The third kappa shape index (κ3) is 3.20. The van der Waals surface area contributed by atoms with Crippen LogP contribution in [0.2, 0.25) is 0 Å². The van der Waals surface area contributed by atoms with E-state index < -0.39 is 4.92 Å². The van der Waals surface area contributed by atoms with Crippen molar-refractivity contribution in [3.05, 3.63) is 46.3 Å². The third-order valence-corrected chi connectivity index (χ3v) is 4.87. The molecule has 2 aliphatic heterocycles. The minimum Gasteiger partial charge on any atom is -0.376 e. The van der Waals surface area contributed by atoms with Crippen LogP contribution < -0.4 is 10.2 Å². The fraction of sp³-hybridized carbons (Fsp3) is 0.444. The van der Waals surface area contributed by atoms with Crippen molar-refractivity contribution in [1.82, 2.24) is 9.97 Å². The summed E-state index contributed by atoms with van der Waals surface area (Å²) in [7, 11) is 0. The second-order valence-corrected chi connectivity index (χ2v) is 6.55. The summed E-state index contributed by atoms with van der Waals surface area (Å²) >= 11 is 0. The molecule has 8 heteroatoms. The Kier molecular flexibility index (Phi) is 4.66. The molecule has 1 saturated heterocycles. The standard InChI is InChI=1S/C18H21N5O3/c24-23(25)16-17(19-11-14-7-4-10-26-14)20-12-21-18(16)22-9-3-6-13-5-1-2-8-15(13)22/h1-2,5,8,12,14H,3-4,6-7,9-11H2,(H,19,20,21). The number of aromatic nitrogens is 2. The van der Waals surface area contributed by atoms with E-state index in [-0.39, 0.29) is 17.6 Å². The summed E-state index contributed by atoms with van der Waals surface area (Å²) in [6, 6.07) is 7.98. The highest BCUT2D eigenvalue weighted by molar-refractivity contribution is 5.77. The van der Waals surface area contributed by atoms with Crippen LogP contribution in [0.3, 0.4) is 0 Å². The summed E-state index contributed by atoms with van der Waals surface area (Å²) in [5.41, 5.74) is 2.08. The lowest BCUT2D eigenvalue weighted by atomic mass is 10.0. The molecule has 8 nitrogen and oxygen atoms in total. The van der Waals surface area contributed by atoms with Crippen LogP contribution in [0.4, 0.5) is 23.0 Å². The Labute approximate surface area is 151 Å². The molecule has 1 aromatic carbocycles. The molecule has 0 radical (unpaired) electrons. The van der Waals surface area contributed by atoms with Crippen LogP contribution >= 0.6 is 0 Å². The molecule has 26 heavy (non-hydrogen) atoms. The number of para-hydroxylation sites is 1. The van der Waals surface area contributed by atoms with E-state index in [1.54, 1.807) is 0 Å². The van der Waals surface area contributed by atoms with Crippen molar-refractivity contribution < 1.29 is 9.66 Å². The van der Waals surface area contributed by atoms with Crippen molar-refractivity contribution in [2.45, 2.75) is 31.8 Å². The molecule has 0 aliphatic carbocycles. The molecule has 0 spiro atoms. The van der Waals surface area contributed by atoms with Gasteiger partial charge >= 0.3 is 5.69 Å². The van der Waals surface area contributed by atoms with Crippen LogP contribution in [0.25, 0.3) is 0 Å². The molecule has 1 aromatic heterocycles. The maximum atomic E-state index is 11.8. The Morgan fingerprint density at radius 2 is 2.19 bits per heavy atom. The average molecular weight is 355 g/mol. The molecule has 3 heterocycles. The SMILES string of the molecule is O=[N+]([O-])c1c(NCC2CCCO2)ncnc1N1CCCc2ccccc21. The van der Waals surface area contributed by atoms with Gasteiger partial charge in [0.15, 0.2) is 0 Å². The number of anilines is 3. The van der Waals surface area contributed by atoms with Crippen molar-refractivity contribution >= 4 is 23.0 Å². The maximum Gasteiger partial charge on any atom is 0.353 e. The Morgan fingerprint density at radius 1 is 1.31 bits per heavy atom. The van der Waals surface area contributed by atoms with Crippen LogP contribution in [0, 0.1) is 10.1 Å². The van der Waals surface area contributed by atoms with Crippen LogP contribution in [0.15, 0.2) is 30.6 Å². The van der Waals surface area contributed by atoms with Crippen molar-refractivity contribution in [3.8, 4) is 0 Å². The van der Waals surface area contributed by atoms with Gasteiger partial charge in [0.25, 0.3) is 0 Å². The van der Waals surface area contributed by atoms with E-state index in [2.05, 4.69) is 21.4 Å². The zero-order chi connectivity index (χ0) is 17.9. The van der Waals surface area contributed by atoms with Crippen molar-refractivity contribution in [1.29, 1.82) is 0 Å². The van der Waals surface area contributed by atoms with Gasteiger partial charge in [-0.2, -0.15) is 0 Å². The smallest absolute Gasteiger partial charge is 0.353 e. The molecular weight excluding hydrogens is 334 g/mol. The number of nitrogens with zero attached hydrogens (tertiary/aromatic N) is 4. The summed E-state index contributed by atoms with van der Waals surface area (Å²) in [4.78, 5) is 21.7. The first kappa shape index (κ1) is 16.7. The molecule has 0 saturated carbocycles. The van der Waals surface area contributed by atoms with Gasteiger partial charge in [-0.1, -0.05) is 18.2 Å². The number of nitro groups is 1. The van der Waals surface area contributed by atoms with Gasteiger partial charge < -0.3 is 15.0 Å². The van der Waals surface area contributed by atoms with E-state index in [0.29, 0.717) is 18.9 Å². The molecule has 1 unspecified atom stereocenters. The summed E-state index contributed by atoms with van der Waals surface area (Å²) < 4.78 is 5.58. The number of ether oxygens (including phenoxy) is 1. The fourth-order valence-electron chi connectivity index (χ4n) is 3.63. The second kappa shape index (κ2) is 7.25. The zero-order valence-corrected chi connectivity index (χ0v) is 14.4. The van der Waals surface area contributed by atoms with E-state index in [1.165, 1.54) is 11.9 Å². The molecule has 1 N–H and O–H groups in total. The van der Waals surface area contributed by atoms with E-state index in [1.807, 2.05) is 23.1 Å². The molecular formula is C18H21N5O3. The monoisotopic (exact) mass is 355 g/mol. The number of hydrogen-bond acceptors (Lipinski definition) is 7. The van der Waals surface area contributed by atoms with Crippen molar-refractivity contribution in [2.75, 3.05) is 29.9 Å². The van der Waals surface area contributed by atoms with Gasteiger partial charge in [-0.15, -0.1) is 0 Å². The van der Waals surface area contributed by atoms with Gasteiger partial charge in [0.2, 0.25) is 11.6 Å². The Hall–Kier alpha value is -2.74. The topological polar surface area (TPSA) is 93.4 Å². The van der Waals surface area contributed by atoms with E-state index in [0.717, 1.165) is 38.0 Å². The molecule has 136 valence electrons. The highest BCUT2D eigenvalue weighted by atomic mass is 16.6. The summed E-state index contributed by atoms with van der Waals surface area (Å²) in [5.74, 6) is 0.588. The molecule has 1 atom stereocenters. The molecule has 1 fully saturated rings. The van der Waals surface area contributed by atoms with Gasteiger partial charge in [0.05, 0.1) is 11.0 Å². The van der Waals surface area contributed by atoms with Gasteiger partial charge in [0.1, 0.15) is 6.33 Å². The lowest BCUT2D eigenvalue weighted by Gasteiger charge is -2.30. The Morgan fingerprint density at radius 3 is 3.00 bits per heavy atom. The predicted molar refractivity (Wildman–Crippen MR) is 97.9 cm³/mol. The third-order valence-electron chi connectivity index (χ3n) is 4.87. The molecule has 0 amide bonds. The quantitative estimate of drug-likeness (QED) is 0.651. The normalized spacial score (nSPS) is 19.2. The summed E-state index contributed by atoms with van der Waals surface area (Å²) in [6.07, 6.45) is 5.33. The number of hydrogen-bond donors (Lipinski definition) is 1. The minimum absolute atomic E-state index is 0.0729. The van der Waals surface area contributed by atoms with E-state index in [9.17, 15) is 10.1 Å². The van der Waals surface area contributed by atoms with Crippen LogP contribution in [-0.2, 0) is 11.2 Å². The first-order chi connectivity index (χ1) is 12.7. The Balaban J connectivity index is 1.68. The predicted octanol–water partition coefficient (Wildman–Crippen LogP) is 3.06. The highest BCUT2D eigenvalue weighted by Gasteiger charge is 2.30. The number of rotatable bonds is 5. The minimum atomic E-state index is -0.398. The number of benzene rings is 1. The fourth-order valence-corrected chi connectivity index (χ4v) is 3.63. The van der Waals surface area contributed by atoms with Crippen LogP contribution in [-0.4, -0.2) is 40.7 Å². The molecule has 2 aromatic rings. The van der Waals surface area contributed by atoms with Gasteiger partial charge in [-0.05, 0) is 37.3 Å². The number of nitrogens with one attached hydrogen (secondary N) is 1. The molecule has 2 aliphatic rings. The first-order valence-corrected chi connectivity index (χ1v) is 8.94. The molecule has 0 bridgehead atoms. The van der Waals surface area contributed by atoms with Gasteiger partial charge in [0, 0.05) is 25.4 Å². The maximum absolute atomic E-state index is 11.8. The first-order valence-electron chi connectivity index (χ1n) is 8.94. The average Bonchev–Trinajstić information content (AvgIpc) is 3.19. The molecule has 4 rings (SSSR count). The van der Waals surface area contributed by atoms with Crippen LogP contribution in [0.5, 0.6) is 0 Å². The van der Waals surface area contributed by atoms with E-state index in [4.69, 9.17) is 4.74 Å². The Bertz CT molecular complexity index is 807. The largest absolute Gasteiger partial charge is 0.376 e. The zero-order valence-electron chi connectivity index (χ0n) is 14.4. The van der Waals surface area contributed by atoms with Crippen molar-refractivity contribution in [3.63, 3.8) is 0 Å². The van der Waals surface area contributed by atoms with Gasteiger partial charge in [-0.3, -0.25) is 10.1 Å². The number of fused-ring (bicyclic) bond motifs is 1. The van der Waals surface area contributed by atoms with Crippen LogP contribution in [0.1, 0.15) is 24.8 Å². The van der Waals surface area contributed by atoms with Gasteiger partial charge in [-0.25, -0.2) is 9.97 Å². The van der Waals surface area contributed by atoms with E-state index >= 15 is 0 Å².